The standard InChI is InChI=1S/C20H17ClN4O2S/c1-12(2)25-19(26)15-9-8-14(21)10-16(15)22-20(25)28-11-17-23-18(24-27-17)13-6-4-3-5-7-13/h3-10,12H,11H2,1-2H3. The molecule has 0 unspecified atom stereocenters. The molecule has 0 spiro atoms. The van der Waals surface area contributed by atoms with Crippen molar-refractivity contribution in [3.05, 3.63) is 69.8 Å². The number of hydrogen-bond donors (Lipinski definition) is 0. The topological polar surface area (TPSA) is 73.8 Å². The second-order valence-corrected chi connectivity index (χ2v) is 7.87. The molecule has 142 valence electrons. The monoisotopic (exact) mass is 412 g/mol. The minimum atomic E-state index is -0.0883. The quantitative estimate of drug-likeness (QED) is 0.340. The third kappa shape index (κ3) is 3.68. The summed E-state index contributed by atoms with van der Waals surface area (Å²) in [5.41, 5.74) is 1.38. The van der Waals surface area contributed by atoms with Crippen molar-refractivity contribution in [1.82, 2.24) is 19.7 Å². The molecule has 6 nitrogen and oxygen atoms in total. The third-order valence-electron chi connectivity index (χ3n) is 4.17. The fourth-order valence-electron chi connectivity index (χ4n) is 2.85. The van der Waals surface area contributed by atoms with Crippen molar-refractivity contribution in [3.8, 4) is 11.4 Å². The lowest BCUT2D eigenvalue weighted by Gasteiger charge is -2.15. The Labute approximate surface area is 170 Å². The van der Waals surface area contributed by atoms with Gasteiger partial charge >= 0.3 is 0 Å². The van der Waals surface area contributed by atoms with E-state index in [1.165, 1.54) is 11.8 Å². The van der Waals surface area contributed by atoms with E-state index in [0.29, 0.717) is 38.5 Å². The van der Waals surface area contributed by atoms with Gasteiger partial charge in [-0.2, -0.15) is 4.98 Å². The first-order chi connectivity index (χ1) is 13.5. The summed E-state index contributed by atoms with van der Waals surface area (Å²) in [6.07, 6.45) is 0. The van der Waals surface area contributed by atoms with Crippen LogP contribution in [-0.2, 0) is 5.75 Å². The summed E-state index contributed by atoms with van der Waals surface area (Å²) in [7, 11) is 0. The van der Waals surface area contributed by atoms with Gasteiger partial charge in [-0.15, -0.1) is 0 Å². The highest BCUT2D eigenvalue weighted by atomic mass is 35.5. The van der Waals surface area contributed by atoms with Crippen LogP contribution in [0.5, 0.6) is 0 Å². The maximum absolute atomic E-state index is 12.9. The van der Waals surface area contributed by atoms with Crippen molar-refractivity contribution in [3.63, 3.8) is 0 Å². The zero-order valence-corrected chi connectivity index (χ0v) is 16.9. The van der Waals surface area contributed by atoms with Crippen LogP contribution in [0.3, 0.4) is 0 Å². The zero-order chi connectivity index (χ0) is 19.7. The lowest BCUT2D eigenvalue weighted by Crippen LogP contribution is -2.25. The number of hydrogen-bond acceptors (Lipinski definition) is 6. The van der Waals surface area contributed by atoms with Gasteiger partial charge in [-0.3, -0.25) is 9.36 Å². The summed E-state index contributed by atoms with van der Waals surface area (Å²) in [6, 6.07) is 14.7. The van der Waals surface area contributed by atoms with Gasteiger partial charge in [0.1, 0.15) is 0 Å². The lowest BCUT2D eigenvalue weighted by atomic mass is 10.2. The first-order valence-electron chi connectivity index (χ1n) is 8.75. The minimum Gasteiger partial charge on any atom is -0.338 e. The van der Waals surface area contributed by atoms with Gasteiger partial charge in [0.2, 0.25) is 11.7 Å². The van der Waals surface area contributed by atoms with Crippen molar-refractivity contribution in [2.24, 2.45) is 0 Å². The lowest BCUT2D eigenvalue weighted by molar-refractivity contribution is 0.391. The molecule has 0 radical (unpaired) electrons. The number of halogens is 1. The molecule has 8 heteroatoms. The molecular weight excluding hydrogens is 396 g/mol. The largest absolute Gasteiger partial charge is 0.338 e. The highest BCUT2D eigenvalue weighted by molar-refractivity contribution is 7.98. The average Bonchev–Trinajstić information content (AvgIpc) is 3.15. The van der Waals surface area contributed by atoms with Gasteiger partial charge in [0.15, 0.2) is 5.16 Å². The normalized spacial score (nSPS) is 11.4. The smallest absolute Gasteiger partial charge is 0.262 e. The number of benzene rings is 2. The molecule has 0 aliphatic heterocycles. The molecule has 0 amide bonds. The molecule has 0 atom stereocenters. The van der Waals surface area contributed by atoms with Crippen molar-refractivity contribution in [2.45, 2.75) is 30.8 Å². The third-order valence-corrected chi connectivity index (χ3v) is 5.34. The van der Waals surface area contributed by atoms with Crippen LogP contribution in [0.1, 0.15) is 25.8 Å². The Morgan fingerprint density at radius 2 is 1.93 bits per heavy atom. The Hall–Kier alpha value is -2.64. The van der Waals surface area contributed by atoms with E-state index >= 15 is 0 Å². The molecule has 0 N–H and O–H groups in total. The van der Waals surface area contributed by atoms with E-state index in [-0.39, 0.29) is 11.6 Å². The van der Waals surface area contributed by atoms with E-state index in [9.17, 15) is 4.79 Å². The fraction of sp³-hybridized carbons (Fsp3) is 0.200. The number of aromatic nitrogens is 4. The van der Waals surface area contributed by atoms with Crippen LogP contribution < -0.4 is 5.56 Å². The van der Waals surface area contributed by atoms with Gasteiger partial charge in [0.05, 0.1) is 16.7 Å². The van der Waals surface area contributed by atoms with Gasteiger partial charge in [0, 0.05) is 16.6 Å². The SMILES string of the molecule is CC(C)n1c(SCc2nc(-c3ccccc3)no2)nc2cc(Cl)ccc2c1=O. The summed E-state index contributed by atoms with van der Waals surface area (Å²) in [4.78, 5) is 22.0. The molecule has 0 aliphatic carbocycles. The molecule has 4 rings (SSSR count). The van der Waals surface area contributed by atoms with Crippen molar-refractivity contribution < 1.29 is 4.52 Å². The predicted octanol–water partition coefficient (Wildman–Crippen LogP) is 4.97. The Kier molecular flexibility index (Phi) is 5.19. The van der Waals surface area contributed by atoms with E-state index in [1.54, 1.807) is 22.8 Å². The molecule has 2 heterocycles. The Balaban J connectivity index is 1.65. The number of rotatable bonds is 5. The fourth-order valence-corrected chi connectivity index (χ4v) is 3.99. The summed E-state index contributed by atoms with van der Waals surface area (Å²) in [6.45, 7) is 3.91. The molecule has 28 heavy (non-hydrogen) atoms. The summed E-state index contributed by atoms with van der Waals surface area (Å²) >= 11 is 7.46. The highest BCUT2D eigenvalue weighted by Crippen LogP contribution is 2.26. The van der Waals surface area contributed by atoms with Crippen LogP contribution in [0.2, 0.25) is 5.02 Å². The van der Waals surface area contributed by atoms with Crippen LogP contribution in [0.15, 0.2) is 63.0 Å². The predicted molar refractivity (Wildman–Crippen MR) is 111 cm³/mol. The number of nitrogens with zero attached hydrogens (tertiary/aromatic N) is 4. The maximum atomic E-state index is 12.9. The molecule has 0 bridgehead atoms. The highest BCUT2D eigenvalue weighted by Gasteiger charge is 2.16. The number of fused-ring (bicyclic) bond motifs is 1. The summed E-state index contributed by atoms with van der Waals surface area (Å²) in [5, 5.41) is 5.71. The minimum absolute atomic E-state index is 0.0369. The second kappa shape index (κ2) is 7.77. The molecule has 0 saturated heterocycles. The van der Waals surface area contributed by atoms with E-state index < -0.39 is 0 Å². The van der Waals surface area contributed by atoms with Crippen molar-refractivity contribution in [2.75, 3.05) is 0 Å². The van der Waals surface area contributed by atoms with Crippen molar-refractivity contribution >= 4 is 34.3 Å². The van der Waals surface area contributed by atoms with Crippen LogP contribution >= 0.6 is 23.4 Å². The first-order valence-corrected chi connectivity index (χ1v) is 10.1. The van der Waals surface area contributed by atoms with Crippen LogP contribution in [0, 0.1) is 0 Å². The van der Waals surface area contributed by atoms with Gasteiger partial charge in [-0.05, 0) is 32.0 Å². The van der Waals surface area contributed by atoms with Crippen LogP contribution in [-0.4, -0.2) is 19.7 Å². The van der Waals surface area contributed by atoms with E-state index in [2.05, 4.69) is 15.1 Å². The van der Waals surface area contributed by atoms with Gasteiger partial charge in [-0.25, -0.2) is 4.98 Å². The molecule has 0 fully saturated rings. The van der Waals surface area contributed by atoms with Gasteiger partial charge < -0.3 is 4.52 Å². The Morgan fingerprint density at radius 3 is 2.68 bits per heavy atom. The molecule has 2 aromatic heterocycles. The second-order valence-electron chi connectivity index (χ2n) is 6.49. The molecule has 0 aliphatic rings. The van der Waals surface area contributed by atoms with Gasteiger partial charge in [0.25, 0.3) is 5.56 Å². The van der Waals surface area contributed by atoms with E-state index in [1.807, 2.05) is 44.2 Å². The molecule has 4 aromatic rings. The Bertz CT molecular complexity index is 1190. The number of thioether (sulfide) groups is 1. The zero-order valence-electron chi connectivity index (χ0n) is 15.3. The molecule has 2 aromatic carbocycles. The van der Waals surface area contributed by atoms with Crippen LogP contribution in [0.4, 0.5) is 0 Å². The summed E-state index contributed by atoms with van der Waals surface area (Å²) in [5.74, 6) is 1.42. The van der Waals surface area contributed by atoms with E-state index in [0.717, 1.165) is 5.56 Å². The van der Waals surface area contributed by atoms with Crippen LogP contribution in [0.25, 0.3) is 22.3 Å². The molecule has 0 saturated carbocycles. The van der Waals surface area contributed by atoms with Gasteiger partial charge in [-0.1, -0.05) is 58.9 Å². The average molecular weight is 413 g/mol. The Morgan fingerprint density at radius 1 is 1.14 bits per heavy atom. The van der Waals surface area contributed by atoms with Crippen molar-refractivity contribution in [1.29, 1.82) is 0 Å². The van der Waals surface area contributed by atoms with E-state index in [4.69, 9.17) is 16.1 Å². The summed E-state index contributed by atoms with van der Waals surface area (Å²) < 4.78 is 7.04. The first kappa shape index (κ1) is 18.7. The maximum Gasteiger partial charge on any atom is 0.262 e. The molecular formula is C20H17ClN4O2S.